The molecule has 7 nitrogen and oxygen atoms in total. The minimum Gasteiger partial charge on any atom is -0.481 e. The van der Waals surface area contributed by atoms with Gasteiger partial charge in [-0.15, -0.1) is 0 Å². The molecule has 7 rings (SSSR count). The number of carbonyl (C=O) groups excluding carboxylic acids is 1. The maximum absolute atomic E-state index is 14.1. The SMILES string of the molecule is CCCCC1CC(C23C[C@@H]4[C@H](C)CC[C@H]4C4(C=O)CC2C=C(C(C)C)[C@@]34C(=O)O)OC1CN(Cc1cccnc1)Cc1cccnc1. The summed E-state index contributed by atoms with van der Waals surface area (Å²) in [6.45, 7) is 11.1. The number of unbranched alkanes of at least 4 members (excludes halogenated alkanes) is 1. The van der Waals surface area contributed by atoms with Gasteiger partial charge in [-0.25, -0.2) is 0 Å². The van der Waals surface area contributed by atoms with Crippen LogP contribution in [0.15, 0.2) is 60.7 Å². The summed E-state index contributed by atoms with van der Waals surface area (Å²) in [5, 5.41) is 11.6. The lowest BCUT2D eigenvalue weighted by Crippen LogP contribution is -2.65. The Labute approximate surface area is 280 Å². The zero-order valence-corrected chi connectivity index (χ0v) is 28.7. The largest absolute Gasteiger partial charge is 0.481 e. The second kappa shape index (κ2) is 12.5. The second-order valence-electron chi connectivity index (χ2n) is 16.1. The molecule has 2 aromatic rings. The van der Waals surface area contributed by atoms with Crippen LogP contribution in [0.1, 0.15) is 90.2 Å². The second-order valence-corrected chi connectivity index (χ2v) is 16.1. The van der Waals surface area contributed by atoms with E-state index in [1.54, 1.807) is 0 Å². The van der Waals surface area contributed by atoms with Gasteiger partial charge in [0.05, 0.1) is 17.6 Å². The van der Waals surface area contributed by atoms with Crippen molar-refractivity contribution in [1.29, 1.82) is 0 Å². The summed E-state index contributed by atoms with van der Waals surface area (Å²) in [6, 6.07) is 8.23. The molecule has 2 aromatic heterocycles. The Kier molecular flexibility index (Phi) is 8.70. The van der Waals surface area contributed by atoms with Crippen LogP contribution < -0.4 is 0 Å². The van der Waals surface area contributed by atoms with E-state index in [4.69, 9.17) is 4.74 Å². The fourth-order valence-electron chi connectivity index (χ4n) is 11.9. The van der Waals surface area contributed by atoms with Gasteiger partial charge in [0.1, 0.15) is 11.7 Å². The molecular formula is C40H53N3O4. The number of ether oxygens (including phenoxy) is 1. The van der Waals surface area contributed by atoms with Crippen molar-refractivity contribution in [3.63, 3.8) is 0 Å². The van der Waals surface area contributed by atoms with Crippen LogP contribution in [-0.4, -0.2) is 51.0 Å². The molecule has 0 radical (unpaired) electrons. The number of fused-ring (bicyclic) bond motifs is 2. The minimum atomic E-state index is -1.20. The Morgan fingerprint density at radius 3 is 2.38 bits per heavy atom. The highest BCUT2D eigenvalue weighted by molar-refractivity contribution is 5.90. The first-order valence-electron chi connectivity index (χ1n) is 18.3. The quantitative estimate of drug-likeness (QED) is 0.181. The number of allylic oxidation sites excluding steroid dienone is 1. The van der Waals surface area contributed by atoms with Crippen LogP contribution in [0.2, 0.25) is 0 Å². The standard InChI is InChI=1S/C40H53N3O4/c1-5-6-11-30-16-36(47-35(30)24-43(22-28-9-7-14-41-20-28)23-29-10-8-15-42-21-29)39-19-32-27(4)12-13-33(32)38(25-44)18-31(39)17-34(26(2)3)40(38,39)37(45)46/h7-10,14-15,17,20-21,25-27,30-33,35-36H,5-6,11-13,16,18-19,22-24H2,1-4H3,(H,45,46)/t27-,30?,31?,32-,33-,35?,36?,38?,39?,40+/m1/s1. The molecular weight excluding hydrogens is 586 g/mol. The van der Waals surface area contributed by atoms with Gasteiger partial charge in [0.2, 0.25) is 0 Å². The highest BCUT2D eigenvalue weighted by Crippen LogP contribution is 2.84. The number of nitrogens with zero attached hydrogens (tertiary/aromatic N) is 3. The number of pyridine rings is 2. The molecule has 3 heterocycles. The summed E-state index contributed by atoms with van der Waals surface area (Å²) >= 11 is 0. The van der Waals surface area contributed by atoms with Crippen LogP contribution >= 0.6 is 0 Å². The first-order valence-corrected chi connectivity index (χ1v) is 18.3. The molecule has 1 N–H and O–H groups in total. The number of carbonyl (C=O) groups is 2. The molecule has 4 bridgehead atoms. The van der Waals surface area contributed by atoms with Crippen molar-refractivity contribution in [3.05, 3.63) is 71.8 Å². The predicted molar refractivity (Wildman–Crippen MR) is 181 cm³/mol. The first-order chi connectivity index (χ1) is 22.7. The smallest absolute Gasteiger partial charge is 0.315 e. The van der Waals surface area contributed by atoms with Crippen molar-refractivity contribution < 1.29 is 19.4 Å². The van der Waals surface area contributed by atoms with Crippen LogP contribution in [0.5, 0.6) is 0 Å². The van der Waals surface area contributed by atoms with Crippen LogP contribution in [0.3, 0.4) is 0 Å². The van der Waals surface area contributed by atoms with Crippen LogP contribution in [0.4, 0.5) is 0 Å². The lowest BCUT2D eigenvalue weighted by Gasteiger charge is -2.60. The van der Waals surface area contributed by atoms with Gasteiger partial charge in [0.25, 0.3) is 0 Å². The van der Waals surface area contributed by atoms with Gasteiger partial charge >= 0.3 is 5.97 Å². The average molecular weight is 640 g/mol. The summed E-state index contributed by atoms with van der Waals surface area (Å²) in [6.07, 6.45) is 18.5. The molecule has 5 aliphatic rings. The number of aromatic nitrogens is 2. The minimum absolute atomic E-state index is 0.0213. The number of hydrogen-bond donors (Lipinski definition) is 1. The Morgan fingerprint density at radius 2 is 1.81 bits per heavy atom. The molecule has 1 aliphatic heterocycles. The van der Waals surface area contributed by atoms with Gasteiger partial charge in [0.15, 0.2) is 0 Å². The molecule has 3 saturated carbocycles. The first kappa shape index (κ1) is 32.6. The molecule has 0 aromatic carbocycles. The van der Waals surface area contributed by atoms with Crippen molar-refractivity contribution in [3.8, 4) is 0 Å². The zero-order chi connectivity index (χ0) is 33.0. The van der Waals surface area contributed by atoms with Crippen molar-refractivity contribution in [1.82, 2.24) is 14.9 Å². The molecule has 1 saturated heterocycles. The number of carboxylic acid groups (broad SMARTS) is 1. The Bertz CT molecular complexity index is 1440. The van der Waals surface area contributed by atoms with Crippen molar-refractivity contribution in [2.24, 2.45) is 51.8 Å². The fourth-order valence-corrected chi connectivity index (χ4v) is 11.9. The van der Waals surface area contributed by atoms with Gasteiger partial charge < -0.3 is 14.6 Å². The lowest BCUT2D eigenvalue weighted by atomic mass is 9.41. The van der Waals surface area contributed by atoms with Gasteiger partial charge in [-0.05, 0) is 90.9 Å². The third-order valence-corrected chi connectivity index (χ3v) is 13.6. The van der Waals surface area contributed by atoms with Gasteiger partial charge in [0, 0.05) is 49.8 Å². The molecule has 252 valence electrons. The van der Waals surface area contributed by atoms with E-state index in [1.165, 1.54) is 0 Å². The summed E-state index contributed by atoms with van der Waals surface area (Å²) in [5.41, 5.74) is 0.644. The predicted octanol–water partition coefficient (Wildman–Crippen LogP) is 7.37. The molecule has 6 unspecified atom stereocenters. The molecule has 7 heteroatoms. The van der Waals surface area contributed by atoms with Crippen molar-refractivity contribution in [2.45, 2.75) is 104 Å². The van der Waals surface area contributed by atoms with Crippen LogP contribution in [-0.2, 0) is 27.4 Å². The van der Waals surface area contributed by atoms with Crippen molar-refractivity contribution >= 4 is 12.3 Å². The fraction of sp³-hybridized carbons (Fsp3) is 0.650. The average Bonchev–Trinajstić information content (AvgIpc) is 3.78. The van der Waals surface area contributed by atoms with Gasteiger partial charge in [-0.1, -0.05) is 70.7 Å². The number of aliphatic carboxylic acids is 1. The van der Waals surface area contributed by atoms with E-state index in [-0.39, 0.29) is 30.0 Å². The molecule has 47 heavy (non-hydrogen) atoms. The molecule has 0 amide bonds. The van der Waals surface area contributed by atoms with E-state index in [1.807, 2.05) is 36.9 Å². The van der Waals surface area contributed by atoms with Crippen molar-refractivity contribution in [2.75, 3.05) is 6.54 Å². The van der Waals surface area contributed by atoms with E-state index < -0.39 is 22.2 Å². The zero-order valence-electron chi connectivity index (χ0n) is 28.7. The maximum atomic E-state index is 14.1. The number of aldehydes is 1. The Morgan fingerprint density at radius 1 is 1.11 bits per heavy atom. The Balaban J connectivity index is 1.28. The highest BCUT2D eigenvalue weighted by atomic mass is 16.5. The lowest BCUT2D eigenvalue weighted by molar-refractivity contribution is -0.197. The summed E-state index contributed by atoms with van der Waals surface area (Å²) in [7, 11) is 0. The summed E-state index contributed by atoms with van der Waals surface area (Å²) < 4.78 is 7.41. The molecule has 10 atom stereocenters. The molecule has 4 aliphatic carbocycles. The number of rotatable bonds is 13. The highest BCUT2D eigenvalue weighted by Gasteiger charge is 2.86. The Hall–Kier alpha value is -2.90. The van der Waals surface area contributed by atoms with E-state index in [0.717, 1.165) is 87.6 Å². The van der Waals surface area contributed by atoms with Gasteiger partial charge in [-0.2, -0.15) is 0 Å². The number of hydrogen-bond acceptors (Lipinski definition) is 6. The monoisotopic (exact) mass is 639 g/mol. The normalized spacial score (nSPS) is 38.6. The third-order valence-electron chi connectivity index (χ3n) is 13.6. The van der Waals surface area contributed by atoms with E-state index in [0.29, 0.717) is 24.2 Å². The maximum Gasteiger partial charge on any atom is 0.315 e. The molecule has 4 fully saturated rings. The summed E-state index contributed by atoms with van der Waals surface area (Å²) in [4.78, 5) is 39.0. The van der Waals surface area contributed by atoms with Gasteiger partial charge in [-0.3, -0.25) is 19.7 Å². The number of carboxylic acids is 1. The molecule has 0 spiro atoms. The summed E-state index contributed by atoms with van der Waals surface area (Å²) in [5.74, 6) is 0.653. The van der Waals surface area contributed by atoms with Crippen LogP contribution in [0.25, 0.3) is 0 Å². The third kappa shape index (κ3) is 4.80. The van der Waals surface area contributed by atoms with E-state index >= 15 is 0 Å². The van der Waals surface area contributed by atoms with Crippen LogP contribution in [0, 0.1) is 51.8 Å². The van der Waals surface area contributed by atoms with E-state index in [2.05, 4.69) is 60.8 Å². The van der Waals surface area contributed by atoms with E-state index in [9.17, 15) is 14.7 Å². The topological polar surface area (TPSA) is 92.6 Å².